The number of aliphatic hydroxyl groups is 1. The van der Waals surface area contributed by atoms with Crippen LogP contribution in [-0.2, 0) is 16.6 Å². The van der Waals surface area contributed by atoms with Gasteiger partial charge in [0.15, 0.2) is 11.5 Å². The lowest BCUT2D eigenvalue weighted by molar-refractivity contribution is -0.0837. The number of fused-ring (bicyclic) bond motifs is 1. The number of likely N-dealkylation sites (tertiary alicyclic amines) is 1. The van der Waals surface area contributed by atoms with Gasteiger partial charge in [-0.05, 0) is 38.1 Å². The topological polar surface area (TPSA) is 65.5 Å². The Labute approximate surface area is 128 Å². The third kappa shape index (κ3) is 1.08. The smallest absolute Gasteiger partial charge is 0.165 e. The lowest BCUT2D eigenvalue weighted by Gasteiger charge is -2.57. The van der Waals surface area contributed by atoms with Crippen LogP contribution in [0.5, 0.6) is 11.5 Å². The normalized spacial score (nSPS) is 50.1. The van der Waals surface area contributed by atoms with E-state index in [9.17, 15) is 10.2 Å². The highest BCUT2D eigenvalue weighted by atomic mass is 16.6. The second-order valence-corrected chi connectivity index (χ2v) is 7.61. The Kier molecular flexibility index (Phi) is 1.91. The van der Waals surface area contributed by atoms with Crippen LogP contribution in [0.1, 0.15) is 17.5 Å². The van der Waals surface area contributed by atoms with Gasteiger partial charge >= 0.3 is 0 Å². The molecule has 5 heteroatoms. The summed E-state index contributed by atoms with van der Waals surface area (Å²) in [7, 11) is 2.19. The molecule has 0 unspecified atom stereocenters. The number of hydrogen-bond acceptors (Lipinski definition) is 5. The number of likely N-dealkylation sites (N-methyl/N-ethyl adjacent to an activating group) is 1. The molecule has 1 aromatic rings. The van der Waals surface area contributed by atoms with Crippen molar-refractivity contribution >= 4 is 0 Å². The molecule has 1 spiro atoms. The molecule has 2 bridgehead atoms. The van der Waals surface area contributed by atoms with Crippen molar-refractivity contribution in [3.05, 3.63) is 23.3 Å². The second-order valence-electron chi connectivity index (χ2n) is 7.61. The van der Waals surface area contributed by atoms with E-state index in [0.717, 1.165) is 19.4 Å². The van der Waals surface area contributed by atoms with Gasteiger partial charge in [0.25, 0.3) is 0 Å². The molecule has 116 valence electrons. The van der Waals surface area contributed by atoms with Gasteiger partial charge in [-0.3, -0.25) is 0 Å². The highest BCUT2D eigenvalue weighted by Crippen LogP contribution is 2.66. The molecule has 22 heavy (non-hydrogen) atoms. The highest BCUT2D eigenvalue weighted by Gasteiger charge is 2.75. The largest absolute Gasteiger partial charge is 0.504 e. The van der Waals surface area contributed by atoms with E-state index in [1.807, 2.05) is 6.07 Å². The first-order chi connectivity index (χ1) is 10.6. The van der Waals surface area contributed by atoms with Crippen molar-refractivity contribution in [1.82, 2.24) is 4.90 Å². The Bertz CT molecular complexity index is 706. The predicted octanol–water partition coefficient (Wildman–Crippen LogP) is 0.409. The molecule has 1 aromatic carbocycles. The monoisotopic (exact) mass is 301 g/mol. The van der Waals surface area contributed by atoms with Crippen molar-refractivity contribution < 1.29 is 19.7 Å². The zero-order chi connectivity index (χ0) is 14.8. The summed E-state index contributed by atoms with van der Waals surface area (Å²) in [4.78, 5) is 2.44. The first-order valence-electron chi connectivity index (χ1n) is 8.18. The van der Waals surface area contributed by atoms with Crippen molar-refractivity contribution in [2.24, 2.45) is 5.92 Å². The molecular weight excluding hydrogens is 282 g/mol. The average Bonchev–Trinajstić information content (AvgIpc) is 3.22. The third-order valence-electron chi connectivity index (χ3n) is 6.89. The summed E-state index contributed by atoms with van der Waals surface area (Å²) in [5, 5.41) is 21.0. The number of aromatic hydroxyl groups is 1. The number of rotatable bonds is 0. The minimum atomic E-state index is -0.594. The summed E-state index contributed by atoms with van der Waals surface area (Å²) in [5.74, 6) is 1.19. The van der Waals surface area contributed by atoms with Crippen molar-refractivity contribution in [1.29, 1.82) is 0 Å². The standard InChI is InChI=1S/C17H19NO4/c1-18-5-4-17-10-7-2-3-9(19)13(10)22-16(17)12(20)15-14(21-15)11(17)8(18)6-7/h2-3,8,11-12,14-16,19-20H,4-6H2,1H3/t8-,11+,12-,14-,15+,16+,17+/m0/s1. The molecule has 3 aliphatic heterocycles. The second kappa shape index (κ2) is 3.45. The maximum absolute atomic E-state index is 10.7. The minimum Gasteiger partial charge on any atom is -0.504 e. The summed E-state index contributed by atoms with van der Waals surface area (Å²) in [6, 6.07) is 4.21. The number of hydrogen-bond donors (Lipinski definition) is 2. The van der Waals surface area contributed by atoms with Crippen LogP contribution in [0.2, 0.25) is 0 Å². The quantitative estimate of drug-likeness (QED) is 0.680. The Morgan fingerprint density at radius 2 is 2.18 bits per heavy atom. The molecule has 7 atom stereocenters. The van der Waals surface area contributed by atoms with Gasteiger partial charge in [0.05, 0.1) is 6.10 Å². The van der Waals surface area contributed by atoms with Gasteiger partial charge in [0, 0.05) is 22.9 Å². The Morgan fingerprint density at radius 3 is 3.05 bits per heavy atom. The van der Waals surface area contributed by atoms with Crippen molar-refractivity contribution in [3.63, 3.8) is 0 Å². The fourth-order valence-corrected chi connectivity index (χ4v) is 5.99. The van der Waals surface area contributed by atoms with Gasteiger partial charge in [0.1, 0.15) is 18.3 Å². The molecule has 5 aliphatic rings. The third-order valence-corrected chi connectivity index (χ3v) is 6.89. The molecule has 6 rings (SSSR count). The summed E-state index contributed by atoms with van der Waals surface area (Å²) >= 11 is 0. The lowest BCUT2D eigenvalue weighted by atomic mass is 9.51. The summed E-state index contributed by atoms with van der Waals surface area (Å²) in [5.41, 5.74) is 2.25. The van der Waals surface area contributed by atoms with Gasteiger partial charge < -0.3 is 24.6 Å². The van der Waals surface area contributed by atoms with Gasteiger partial charge in [-0.25, -0.2) is 0 Å². The number of epoxide rings is 1. The zero-order valence-electron chi connectivity index (χ0n) is 12.4. The van der Waals surface area contributed by atoms with E-state index in [-0.39, 0.29) is 29.5 Å². The molecule has 5 nitrogen and oxygen atoms in total. The minimum absolute atomic E-state index is 0.0878. The molecule has 2 N–H and O–H groups in total. The number of nitrogens with zero attached hydrogens (tertiary/aromatic N) is 1. The maximum atomic E-state index is 10.7. The van der Waals surface area contributed by atoms with Gasteiger partial charge in [-0.2, -0.15) is 0 Å². The number of ether oxygens (including phenoxy) is 2. The summed E-state index contributed by atoms with van der Waals surface area (Å²) in [6.07, 6.45) is 1.12. The first-order valence-corrected chi connectivity index (χ1v) is 8.18. The average molecular weight is 301 g/mol. The van der Waals surface area contributed by atoms with Crippen molar-refractivity contribution in [2.45, 2.75) is 48.7 Å². The van der Waals surface area contributed by atoms with E-state index in [4.69, 9.17) is 9.47 Å². The van der Waals surface area contributed by atoms with Gasteiger partial charge in [0.2, 0.25) is 0 Å². The number of phenolic OH excluding ortho intramolecular Hbond substituents is 1. The molecule has 3 fully saturated rings. The van der Waals surface area contributed by atoms with E-state index < -0.39 is 6.10 Å². The predicted molar refractivity (Wildman–Crippen MR) is 77.1 cm³/mol. The Hall–Kier alpha value is -1.30. The van der Waals surface area contributed by atoms with Crippen LogP contribution in [-0.4, -0.2) is 59.2 Å². The van der Waals surface area contributed by atoms with E-state index in [1.54, 1.807) is 6.07 Å². The fourth-order valence-electron chi connectivity index (χ4n) is 5.99. The maximum Gasteiger partial charge on any atom is 0.165 e. The van der Waals surface area contributed by atoms with E-state index in [0.29, 0.717) is 17.7 Å². The molecule has 0 amide bonds. The van der Waals surface area contributed by atoms with Crippen LogP contribution < -0.4 is 4.74 Å². The summed E-state index contributed by atoms with van der Waals surface area (Å²) < 4.78 is 12.0. The van der Waals surface area contributed by atoms with Crippen LogP contribution in [0.15, 0.2) is 12.1 Å². The molecular formula is C17H19NO4. The molecule has 1 saturated carbocycles. The van der Waals surface area contributed by atoms with Crippen LogP contribution >= 0.6 is 0 Å². The SMILES string of the molecule is CN1CC[C@]23c4c5ccc(O)c4O[C@@H]2[C@@H](O)[C@H]2O[C@H]2[C@H]3[C@@H]1C5. The Balaban J connectivity index is 1.68. The molecule has 2 saturated heterocycles. The number of aliphatic hydroxyl groups excluding tert-OH is 1. The van der Waals surface area contributed by atoms with Crippen molar-refractivity contribution in [2.75, 3.05) is 13.6 Å². The molecule has 3 heterocycles. The van der Waals surface area contributed by atoms with E-state index in [2.05, 4.69) is 11.9 Å². The Morgan fingerprint density at radius 1 is 1.32 bits per heavy atom. The number of phenols is 1. The van der Waals surface area contributed by atoms with Crippen LogP contribution in [0, 0.1) is 5.92 Å². The molecule has 0 radical (unpaired) electrons. The zero-order valence-corrected chi connectivity index (χ0v) is 12.4. The first kappa shape index (κ1) is 12.2. The fraction of sp³-hybridized carbons (Fsp3) is 0.647. The lowest BCUT2D eigenvalue weighted by Crippen LogP contribution is -2.68. The van der Waals surface area contributed by atoms with Crippen LogP contribution in [0.4, 0.5) is 0 Å². The van der Waals surface area contributed by atoms with Crippen LogP contribution in [0.25, 0.3) is 0 Å². The van der Waals surface area contributed by atoms with E-state index in [1.165, 1.54) is 11.1 Å². The van der Waals surface area contributed by atoms with Crippen LogP contribution in [0.3, 0.4) is 0 Å². The molecule has 2 aliphatic carbocycles. The number of benzene rings is 1. The highest BCUT2D eigenvalue weighted by molar-refractivity contribution is 5.61. The number of piperidine rings is 1. The van der Waals surface area contributed by atoms with Gasteiger partial charge in [-0.15, -0.1) is 0 Å². The summed E-state index contributed by atoms with van der Waals surface area (Å²) in [6.45, 7) is 1.000. The van der Waals surface area contributed by atoms with Crippen molar-refractivity contribution in [3.8, 4) is 11.5 Å². The van der Waals surface area contributed by atoms with Gasteiger partial charge in [-0.1, -0.05) is 6.07 Å². The van der Waals surface area contributed by atoms with E-state index >= 15 is 0 Å². The molecule has 0 aromatic heterocycles.